The average Bonchev–Trinajstić information content (AvgIpc) is 3.31. The van der Waals surface area contributed by atoms with Gasteiger partial charge in [0.15, 0.2) is 0 Å². The fourth-order valence-electron chi connectivity index (χ4n) is 4.98. The lowest BCUT2D eigenvalue weighted by molar-refractivity contribution is 0.0638. The number of hydrogen-bond donors (Lipinski definition) is 0. The molecule has 0 saturated carbocycles. The van der Waals surface area contributed by atoms with E-state index in [2.05, 4.69) is 0 Å². The summed E-state index contributed by atoms with van der Waals surface area (Å²) in [6.45, 7) is 2.14. The van der Waals surface area contributed by atoms with Gasteiger partial charge in [0, 0.05) is 30.3 Å². The minimum atomic E-state index is 0.125. The van der Waals surface area contributed by atoms with E-state index in [1.54, 1.807) is 0 Å². The molecular formula is C25H27NO4. The van der Waals surface area contributed by atoms with Gasteiger partial charge in [0.25, 0.3) is 5.91 Å². The Morgan fingerprint density at radius 3 is 2.83 bits per heavy atom. The number of aldehydes is 1. The largest absolute Gasteiger partial charge is 0.491 e. The molecule has 2 aromatic rings. The summed E-state index contributed by atoms with van der Waals surface area (Å²) < 4.78 is 11.5. The molecule has 1 amide bonds. The molecule has 5 nitrogen and oxygen atoms in total. The highest BCUT2D eigenvalue weighted by Gasteiger charge is 2.32. The number of hydrogen-bond acceptors (Lipinski definition) is 4. The number of aryl methyl sites for hydroxylation is 1. The van der Waals surface area contributed by atoms with E-state index in [0.717, 1.165) is 80.4 Å². The van der Waals surface area contributed by atoms with Gasteiger partial charge < -0.3 is 14.4 Å². The number of benzene rings is 2. The number of amides is 1. The molecule has 2 unspecified atom stereocenters. The molecule has 2 aromatic carbocycles. The van der Waals surface area contributed by atoms with Crippen LogP contribution in [0, 0.1) is 0 Å². The van der Waals surface area contributed by atoms with Gasteiger partial charge in [0.2, 0.25) is 0 Å². The molecule has 2 heterocycles. The van der Waals surface area contributed by atoms with Crippen molar-refractivity contribution in [3.63, 3.8) is 0 Å². The lowest BCUT2D eigenvalue weighted by Gasteiger charge is -2.38. The van der Waals surface area contributed by atoms with Crippen LogP contribution in [0.4, 0.5) is 0 Å². The molecule has 2 aliphatic heterocycles. The van der Waals surface area contributed by atoms with Crippen LogP contribution >= 0.6 is 0 Å². The summed E-state index contributed by atoms with van der Waals surface area (Å²) >= 11 is 0. The molecule has 2 atom stereocenters. The van der Waals surface area contributed by atoms with Crippen molar-refractivity contribution in [3.05, 3.63) is 64.2 Å². The zero-order valence-electron chi connectivity index (χ0n) is 17.1. The van der Waals surface area contributed by atoms with Gasteiger partial charge in [-0.05, 0) is 79.5 Å². The Bertz CT molecular complexity index is 964. The summed E-state index contributed by atoms with van der Waals surface area (Å²) in [7, 11) is 0. The molecule has 0 radical (unpaired) electrons. The average molecular weight is 405 g/mol. The highest BCUT2D eigenvalue weighted by molar-refractivity contribution is 5.97. The van der Waals surface area contributed by atoms with Crippen molar-refractivity contribution in [2.45, 2.75) is 50.7 Å². The Hall–Kier alpha value is -2.66. The second-order valence-electron chi connectivity index (χ2n) is 8.56. The zero-order valence-corrected chi connectivity index (χ0v) is 17.1. The normalized spacial score (nSPS) is 23.1. The predicted molar refractivity (Wildman–Crippen MR) is 113 cm³/mol. The maximum Gasteiger partial charge on any atom is 0.254 e. The van der Waals surface area contributed by atoms with Crippen molar-refractivity contribution in [2.75, 3.05) is 19.8 Å². The number of nitrogens with zero attached hydrogens (tertiary/aromatic N) is 1. The third-order valence-electron chi connectivity index (χ3n) is 6.66. The van der Waals surface area contributed by atoms with Crippen molar-refractivity contribution >= 4 is 12.2 Å². The van der Waals surface area contributed by atoms with Crippen LogP contribution in [0.25, 0.3) is 0 Å². The van der Waals surface area contributed by atoms with Gasteiger partial charge in [0.1, 0.15) is 18.6 Å². The van der Waals surface area contributed by atoms with Gasteiger partial charge in [-0.1, -0.05) is 12.1 Å². The number of fused-ring (bicyclic) bond motifs is 2. The second-order valence-corrected chi connectivity index (χ2v) is 8.56. The quantitative estimate of drug-likeness (QED) is 0.713. The van der Waals surface area contributed by atoms with Gasteiger partial charge in [-0.15, -0.1) is 0 Å². The standard InChI is InChI=1S/C25H27NO4/c27-15-17-3-4-19-13-21(6-5-18(19)12-17)26-10-9-20-14-22(7-8-24(20)25(26)28)30-16-23-2-1-11-29-23/h3-4,7-8,12,14-15,21,23H,1-2,5-6,9-11,13,16H2. The van der Waals surface area contributed by atoms with Crippen LogP contribution in [0.3, 0.4) is 0 Å². The van der Waals surface area contributed by atoms with Crippen molar-refractivity contribution < 1.29 is 19.1 Å². The fourth-order valence-corrected chi connectivity index (χ4v) is 4.98. The van der Waals surface area contributed by atoms with E-state index < -0.39 is 0 Å². The Balaban J connectivity index is 1.27. The van der Waals surface area contributed by atoms with E-state index in [1.807, 2.05) is 41.3 Å². The fraction of sp³-hybridized carbons (Fsp3) is 0.440. The number of ether oxygens (including phenoxy) is 2. The highest BCUT2D eigenvalue weighted by atomic mass is 16.5. The summed E-state index contributed by atoms with van der Waals surface area (Å²) in [5.41, 5.74) is 5.11. The Morgan fingerprint density at radius 1 is 1.07 bits per heavy atom. The van der Waals surface area contributed by atoms with Crippen molar-refractivity contribution in [1.29, 1.82) is 0 Å². The molecule has 156 valence electrons. The third-order valence-corrected chi connectivity index (χ3v) is 6.66. The summed E-state index contributed by atoms with van der Waals surface area (Å²) in [6, 6.07) is 12.0. The molecule has 3 aliphatic rings. The maximum atomic E-state index is 13.2. The van der Waals surface area contributed by atoms with Gasteiger partial charge in [0.05, 0.1) is 6.10 Å². The summed E-state index contributed by atoms with van der Waals surface area (Å²) in [5.74, 6) is 0.947. The van der Waals surface area contributed by atoms with Crippen LogP contribution in [0.1, 0.15) is 56.7 Å². The lowest BCUT2D eigenvalue weighted by atomic mass is 9.85. The van der Waals surface area contributed by atoms with Crippen molar-refractivity contribution in [1.82, 2.24) is 4.90 Å². The highest BCUT2D eigenvalue weighted by Crippen LogP contribution is 2.30. The zero-order chi connectivity index (χ0) is 20.5. The minimum absolute atomic E-state index is 0.125. The minimum Gasteiger partial charge on any atom is -0.491 e. The maximum absolute atomic E-state index is 13.2. The number of carbonyl (C=O) groups excluding carboxylic acids is 2. The van der Waals surface area contributed by atoms with Crippen LogP contribution in [0.2, 0.25) is 0 Å². The lowest BCUT2D eigenvalue weighted by Crippen LogP contribution is -2.47. The van der Waals surface area contributed by atoms with E-state index in [-0.39, 0.29) is 18.1 Å². The topological polar surface area (TPSA) is 55.8 Å². The van der Waals surface area contributed by atoms with Crippen LogP contribution in [0.15, 0.2) is 36.4 Å². The van der Waals surface area contributed by atoms with Gasteiger partial charge in [-0.25, -0.2) is 0 Å². The molecule has 0 spiro atoms. The summed E-state index contributed by atoms with van der Waals surface area (Å²) in [4.78, 5) is 26.3. The van der Waals surface area contributed by atoms with E-state index >= 15 is 0 Å². The first kappa shape index (κ1) is 19.3. The van der Waals surface area contributed by atoms with Crippen molar-refractivity contribution in [3.8, 4) is 5.75 Å². The Morgan fingerprint density at radius 2 is 2.00 bits per heavy atom. The SMILES string of the molecule is O=Cc1ccc2c(c1)CCC(N1CCc3cc(OCC4CCCO4)ccc3C1=O)C2. The van der Waals surface area contributed by atoms with Gasteiger partial charge in [-0.3, -0.25) is 9.59 Å². The molecule has 30 heavy (non-hydrogen) atoms. The molecule has 0 bridgehead atoms. The van der Waals surface area contributed by atoms with E-state index in [1.165, 1.54) is 11.1 Å². The van der Waals surface area contributed by atoms with Gasteiger partial charge >= 0.3 is 0 Å². The first-order chi connectivity index (χ1) is 14.7. The van der Waals surface area contributed by atoms with E-state index in [4.69, 9.17) is 9.47 Å². The third kappa shape index (κ3) is 3.74. The van der Waals surface area contributed by atoms with Gasteiger partial charge in [-0.2, -0.15) is 0 Å². The van der Waals surface area contributed by atoms with E-state index in [9.17, 15) is 9.59 Å². The molecule has 1 fully saturated rings. The number of rotatable bonds is 5. The first-order valence-corrected chi connectivity index (χ1v) is 11.0. The van der Waals surface area contributed by atoms with E-state index in [0.29, 0.717) is 6.61 Å². The summed E-state index contributed by atoms with van der Waals surface area (Å²) in [5, 5.41) is 0. The van der Waals surface area contributed by atoms with Crippen LogP contribution in [-0.4, -0.2) is 49.0 Å². The smallest absolute Gasteiger partial charge is 0.254 e. The molecule has 1 aliphatic carbocycles. The van der Waals surface area contributed by atoms with Crippen LogP contribution in [0.5, 0.6) is 5.75 Å². The number of carbonyl (C=O) groups is 2. The molecule has 0 aromatic heterocycles. The van der Waals surface area contributed by atoms with Crippen molar-refractivity contribution in [2.24, 2.45) is 0 Å². The first-order valence-electron chi connectivity index (χ1n) is 11.0. The van der Waals surface area contributed by atoms with Crippen LogP contribution in [-0.2, 0) is 24.0 Å². The molecule has 1 saturated heterocycles. The summed E-state index contributed by atoms with van der Waals surface area (Å²) in [6.07, 6.45) is 6.81. The molecule has 5 rings (SSSR count). The molecular weight excluding hydrogens is 378 g/mol. The monoisotopic (exact) mass is 405 g/mol. The predicted octanol–water partition coefficient (Wildman–Crippen LogP) is 3.61. The molecule has 0 N–H and O–H groups in total. The second kappa shape index (κ2) is 8.23. The van der Waals surface area contributed by atoms with Crippen LogP contribution < -0.4 is 4.74 Å². The Kier molecular flexibility index (Phi) is 5.30. The molecule has 5 heteroatoms. The Labute approximate surface area is 177 Å².